The second kappa shape index (κ2) is 5.49. The Balaban J connectivity index is 2.06. The predicted octanol–water partition coefficient (Wildman–Crippen LogP) is 4.59. The molecule has 4 rings (SSSR count). The molecule has 0 unspecified atom stereocenters. The Hall–Kier alpha value is -3.60. The lowest BCUT2D eigenvalue weighted by molar-refractivity contribution is 0.451. The van der Waals surface area contributed by atoms with Gasteiger partial charge in [0.1, 0.15) is 34.3 Å². The smallest absolute Gasteiger partial charge is 0.143 e. The molecule has 1 heterocycles. The number of rotatable bonds is 2. The molecule has 0 radical (unpaired) electrons. The molecule has 0 aliphatic carbocycles. The molecule has 0 atom stereocenters. The average molecular weight is 334 g/mol. The van der Waals surface area contributed by atoms with E-state index in [4.69, 9.17) is 4.42 Å². The lowest BCUT2D eigenvalue weighted by atomic mass is 9.98. The van der Waals surface area contributed by atoms with E-state index >= 15 is 0 Å². The second-order valence-electron chi connectivity index (χ2n) is 5.77. The molecule has 4 N–H and O–H groups in total. The van der Waals surface area contributed by atoms with Crippen molar-refractivity contribution in [2.24, 2.45) is 0 Å². The van der Waals surface area contributed by atoms with E-state index in [2.05, 4.69) is 0 Å². The Morgan fingerprint density at radius 3 is 1.88 bits per heavy atom. The molecule has 0 aliphatic rings. The first kappa shape index (κ1) is 15.0. The minimum absolute atomic E-state index is 0.0696. The van der Waals surface area contributed by atoms with Crippen LogP contribution in [-0.4, -0.2) is 20.4 Å². The van der Waals surface area contributed by atoms with E-state index in [-0.39, 0.29) is 23.0 Å². The summed E-state index contributed by atoms with van der Waals surface area (Å²) in [5, 5.41) is 39.6. The van der Waals surface area contributed by atoms with Gasteiger partial charge in [-0.15, -0.1) is 0 Å². The van der Waals surface area contributed by atoms with Crippen molar-refractivity contribution >= 4 is 11.0 Å². The highest BCUT2D eigenvalue weighted by atomic mass is 16.3. The zero-order valence-electron chi connectivity index (χ0n) is 13.0. The number of benzene rings is 3. The van der Waals surface area contributed by atoms with Crippen LogP contribution in [0.1, 0.15) is 0 Å². The summed E-state index contributed by atoms with van der Waals surface area (Å²) in [5.41, 5.74) is 2.43. The molecule has 3 aromatic carbocycles. The monoisotopic (exact) mass is 334 g/mol. The summed E-state index contributed by atoms with van der Waals surface area (Å²) >= 11 is 0. The van der Waals surface area contributed by atoms with Gasteiger partial charge >= 0.3 is 0 Å². The fourth-order valence-electron chi connectivity index (χ4n) is 2.93. The van der Waals surface area contributed by atoms with Gasteiger partial charge < -0.3 is 24.8 Å². The number of furan rings is 1. The third kappa shape index (κ3) is 2.61. The van der Waals surface area contributed by atoms with Gasteiger partial charge in [-0.05, 0) is 54.1 Å². The Morgan fingerprint density at radius 2 is 1.20 bits per heavy atom. The van der Waals surface area contributed by atoms with E-state index < -0.39 is 0 Å². The van der Waals surface area contributed by atoms with E-state index in [0.717, 1.165) is 5.39 Å². The van der Waals surface area contributed by atoms with Crippen molar-refractivity contribution in [1.82, 2.24) is 0 Å². The summed E-state index contributed by atoms with van der Waals surface area (Å²) in [4.78, 5) is 0. The van der Waals surface area contributed by atoms with Crippen LogP contribution in [0.4, 0.5) is 0 Å². The highest BCUT2D eigenvalue weighted by Gasteiger charge is 2.19. The minimum atomic E-state index is -0.0696. The van der Waals surface area contributed by atoms with Gasteiger partial charge in [0.15, 0.2) is 0 Å². The average Bonchev–Trinajstić information content (AvgIpc) is 2.93. The molecule has 0 amide bonds. The van der Waals surface area contributed by atoms with E-state index in [1.165, 1.54) is 24.3 Å². The van der Waals surface area contributed by atoms with Gasteiger partial charge in [0.2, 0.25) is 0 Å². The van der Waals surface area contributed by atoms with E-state index in [9.17, 15) is 20.4 Å². The van der Waals surface area contributed by atoms with E-state index in [1.54, 1.807) is 36.4 Å². The van der Waals surface area contributed by atoms with Crippen molar-refractivity contribution in [1.29, 1.82) is 0 Å². The third-order valence-corrected chi connectivity index (χ3v) is 3.99. The molecule has 0 bridgehead atoms. The van der Waals surface area contributed by atoms with Crippen LogP contribution in [0.5, 0.6) is 23.0 Å². The first-order valence-corrected chi connectivity index (χ1v) is 7.59. The molecule has 0 spiro atoms. The standard InChI is InChI=1S/C20H14O5/c21-13-3-1-11(2-4-13)20-19(12-7-15(23)9-16(24)8-12)17-6-5-14(22)10-18(17)25-20/h1-10,21-24H. The Labute approximate surface area is 142 Å². The Kier molecular flexibility index (Phi) is 3.28. The molecule has 1 aromatic heterocycles. The number of fused-ring (bicyclic) bond motifs is 1. The highest BCUT2D eigenvalue weighted by Crippen LogP contribution is 2.43. The summed E-state index contributed by atoms with van der Waals surface area (Å²) in [6, 6.07) is 15.6. The quantitative estimate of drug-likeness (QED) is 0.430. The van der Waals surface area contributed by atoms with Gasteiger partial charge in [-0.1, -0.05) is 0 Å². The topological polar surface area (TPSA) is 94.1 Å². The van der Waals surface area contributed by atoms with Crippen molar-refractivity contribution in [3.05, 3.63) is 60.7 Å². The van der Waals surface area contributed by atoms with Gasteiger partial charge in [-0.2, -0.15) is 0 Å². The molecule has 5 nitrogen and oxygen atoms in total. The molecule has 0 fully saturated rings. The second-order valence-corrected chi connectivity index (χ2v) is 5.77. The molecule has 0 saturated heterocycles. The van der Waals surface area contributed by atoms with Crippen molar-refractivity contribution < 1.29 is 24.8 Å². The summed E-state index contributed by atoms with van der Waals surface area (Å²) in [7, 11) is 0. The summed E-state index contributed by atoms with van der Waals surface area (Å²) in [5.74, 6) is 0.572. The number of aromatic hydroxyl groups is 4. The van der Waals surface area contributed by atoms with Crippen molar-refractivity contribution in [3.8, 4) is 45.4 Å². The number of phenols is 4. The van der Waals surface area contributed by atoms with Crippen LogP contribution in [0.2, 0.25) is 0 Å². The predicted molar refractivity (Wildman–Crippen MR) is 93.7 cm³/mol. The summed E-state index contributed by atoms with van der Waals surface area (Å²) in [6.07, 6.45) is 0. The Morgan fingerprint density at radius 1 is 0.560 bits per heavy atom. The number of phenolic OH excluding ortho intramolecular Hbond substituents is 4. The van der Waals surface area contributed by atoms with Gasteiger partial charge in [0.25, 0.3) is 0 Å². The van der Waals surface area contributed by atoms with Gasteiger partial charge in [-0.3, -0.25) is 0 Å². The zero-order chi connectivity index (χ0) is 17.6. The molecule has 124 valence electrons. The first-order valence-electron chi connectivity index (χ1n) is 7.59. The maximum atomic E-state index is 9.84. The molecule has 4 aromatic rings. The fraction of sp³-hybridized carbons (Fsp3) is 0. The number of hydrogen-bond donors (Lipinski definition) is 4. The van der Waals surface area contributed by atoms with Gasteiger partial charge in [0.05, 0.1) is 0 Å². The van der Waals surface area contributed by atoms with Crippen molar-refractivity contribution in [2.75, 3.05) is 0 Å². The van der Waals surface area contributed by atoms with Crippen LogP contribution in [0.3, 0.4) is 0 Å². The maximum Gasteiger partial charge on any atom is 0.143 e. The van der Waals surface area contributed by atoms with Gasteiger partial charge in [0, 0.05) is 28.6 Å². The molecule has 25 heavy (non-hydrogen) atoms. The van der Waals surface area contributed by atoms with Gasteiger partial charge in [-0.25, -0.2) is 0 Å². The van der Waals surface area contributed by atoms with Crippen LogP contribution in [0.15, 0.2) is 65.1 Å². The summed E-state index contributed by atoms with van der Waals surface area (Å²) in [6.45, 7) is 0. The largest absolute Gasteiger partial charge is 0.508 e. The normalized spacial score (nSPS) is 11.0. The Bertz CT molecular complexity index is 1060. The van der Waals surface area contributed by atoms with Crippen molar-refractivity contribution in [2.45, 2.75) is 0 Å². The third-order valence-electron chi connectivity index (χ3n) is 3.99. The fourth-order valence-corrected chi connectivity index (χ4v) is 2.93. The molecular weight excluding hydrogens is 320 g/mol. The first-order chi connectivity index (χ1) is 12.0. The minimum Gasteiger partial charge on any atom is -0.508 e. The SMILES string of the molecule is Oc1ccc(-c2oc3cc(O)ccc3c2-c2cc(O)cc(O)c2)cc1. The molecule has 0 saturated carbocycles. The van der Waals surface area contributed by atoms with Crippen LogP contribution in [0, 0.1) is 0 Å². The highest BCUT2D eigenvalue weighted by molar-refractivity contribution is 6.02. The lowest BCUT2D eigenvalue weighted by Gasteiger charge is -2.06. The van der Waals surface area contributed by atoms with E-state index in [1.807, 2.05) is 0 Å². The van der Waals surface area contributed by atoms with E-state index in [0.29, 0.717) is 28.0 Å². The summed E-state index contributed by atoms with van der Waals surface area (Å²) < 4.78 is 5.94. The molecular formula is C20H14O5. The molecule has 5 heteroatoms. The zero-order valence-corrected chi connectivity index (χ0v) is 13.0. The maximum absolute atomic E-state index is 9.84. The van der Waals surface area contributed by atoms with Crippen molar-refractivity contribution in [3.63, 3.8) is 0 Å². The van der Waals surface area contributed by atoms with Crippen LogP contribution in [-0.2, 0) is 0 Å². The van der Waals surface area contributed by atoms with Crippen LogP contribution in [0.25, 0.3) is 33.4 Å². The molecule has 0 aliphatic heterocycles. The number of hydrogen-bond acceptors (Lipinski definition) is 5. The van der Waals surface area contributed by atoms with Crippen LogP contribution >= 0.6 is 0 Å². The van der Waals surface area contributed by atoms with Crippen LogP contribution < -0.4 is 0 Å². The lowest BCUT2D eigenvalue weighted by Crippen LogP contribution is -1.82.